The Labute approximate surface area is 133 Å². The first-order valence-corrected chi connectivity index (χ1v) is 7.00. The molecule has 0 aliphatic carbocycles. The van der Waals surface area contributed by atoms with Crippen LogP contribution in [-0.2, 0) is 6.54 Å². The molecule has 0 saturated carbocycles. The molecule has 0 bridgehead atoms. The quantitative estimate of drug-likeness (QED) is 0.570. The zero-order valence-corrected chi connectivity index (χ0v) is 12.2. The molecule has 7 nitrogen and oxygen atoms in total. The van der Waals surface area contributed by atoms with Gasteiger partial charge in [0.2, 0.25) is 5.65 Å². The summed E-state index contributed by atoms with van der Waals surface area (Å²) in [5, 5.41) is 4.26. The van der Waals surface area contributed by atoms with E-state index >= 15 is 0 Å². The van der Waals surface area contributed by atoms with Crippen molar-refractivity contribution in [1.82, 2.24) is 28.7 Å². The molecule has 24 heavy (non-hydrogen) atoms. The lowest BCUT2D eigenvalue weighted by Gasteiger charge is -2.01. The summed E-state index contributed by atoms with van der Waals surface area (Å²) < 4.78 is 30.5. The van der Waals surface area contributed by atoms with E-state index in [1.54, 1.807) is 23.3 Å². The molecule has 0 amide bonds. The Hall–Kier alpha value is -3.36. The van der Waals surface area contributed by atoms with Gasteiger partial charge in [-0.3, -0.25) is 4.57 Å². The fraction of sp³-hybridized carbons (Fsp3) is 0.0667. The highest BCUT2D eigenvalue weighted by molar-refractivity contribution is 5.53. The first kappa shape index (κ1) is 14.2. The molecular weight excluding hydrogens is 318 g/mol. The first-order valence-electron chi connectivity index (χ1n) is 7.00. The monoisotopic (exact) mass is 328 g/mol. The number of fused-ring (bicyclic) bond motifs is 1. The molecule has 120 valence electrons. The third kappa shape index (κ3) is 2.26. The fourth-order valence-electron chi connectivity index (χ4n) is 2.42. The predicted octanol–water partition coefficient (Wildman–Crippen LogP) is 1.40. The maximum absolute atomic E-state index is 13.3. The molecule has 0 aliphatic heterocycles. The van der Waals surface area contributed by atoms with Gasteiger partial charge >= 0.3 is 5.69 Å². The van der Waals surface area contributed by atoms with Crippen molar-refractivity contribution in [2.75, 3.05) is 0 Å². The highest BCUT2D eigenvalue weighted by Gasteiger charge is 2.13. The Morgan fingerprint density at radius 3 is 2.71 bits per heavy atom. The van der Waals surface area contributed by atoms with E-state index < -0.39 is 17.3 Å². The van der Waals surface area contributed by atoms with Gasteiger partial charge in [-0.1, -0.05) is 6.07 Å². The van der Waals surface area contributed by atoms with E-state index in [1.807, 2.05) is 0 Å². The van der Waals surface area contributed by atoms with E-state index in [9.17, 15) is 13.6 Å². The Kier molecular flexibility index (Phi) is 3.19. The molecule has 0 atom stereocenters. The zero-order chi connectivity index (χ0) is 16.7. The van der Waals surface area contributed by atoms with E-state index in [0.717, 1.165) is 12.1 Å². The van der Waals surface area contributed by atoms with E-state index in [1.165, 1.54) is 27.5 Å². The SMILES string of the molecule is O=c1n(Cc2ccc(F)c(F)c2)nc2c(-n3ccnc3)nccn12. The lowest BCUT2D eigenvalue weighted by Crippen LogP contribution is -2.21. The Balaban J connectivity index is 1.82. The van der Waals surface area contributed by atoms with Crippen molar-refractivity contribution in [3.05, 3.63) is 77.0 Å². The van der Waals surface area contributed by atoms with Crippen LogP contribution in [-0.4, -0.2) is 28.7 Å². The van der Waals surface area contributed by atoms with Gasteiger partial charge in [0.1, 0.15) is 6.33 Å². The molecule has 4 rings (SSSR count). The minimum absolute atomic E-state index is 0.0150. The van der Waals surface area contributed by atoms with Crippen molar-refractivity contribution in [2.45, 2.75) is 6.54 Å². The topological polar surface area (TPSA) is 70.0 Å². The van der Waals surface area contributed by atoms with Gasteiger partial charge in [0.25, 0.3) is 0 Å². The lowest BCUT2D eigenvalue weighted by molar-refractivity contribution is 0.505. The smallest absolute Gasteiger partial charge is 0.287 e. The lowest BCUT2D eigenvalue weighted by atomic mass is 10.2. The van der Waals surface area contributed by atoms with E-state index in [4.69, 9.17) is 0 Å². The average Bonchev–Trinajstić information content (AvgIpc) is 3.20. The summed E-state index contributed by atoms with van der Waals surface area (Å²) in [4.78, 5) is 20.6. The molecule has 1 aromatic carbocycles. The summed E-state index contributed by atoms with van der Waals surface area (Å²) in [7, 11) is 0. The van der Waals surface area contributed by atoms with Gasteiger partial charge in [-0.15, -0.1) is 5.10 Å². The van der Waals surface area contributed by atoms with Crippen molar-refractivity contribution in [1.29, 1.82) is 0 Å². The number of imidazole rings is 1. The van der Waals surface area contributed by atoms with Gasteiger partial charge in [0.15, 0.2) is 17.5 Å². The maximum Gasteiger partial charge on any atom is 0.350 e. The standard InChI is InChI=1S/C15H10F2N6O/c16-11-2-1-10(7-12(11)17)8-23-15(24)22-6-4-19-13(14(22)20-23)21-5-3-18-9-21/h1-7,9H,8H2. The molecule has 0 spiro atoms. The fourth-order valence-corrected chi connectivity index (χ4v) is 2.42. The van der Waals surface area contributed by atoms with Crippen LogP contribution in [0.25, 0.3) is 11.5 Å². The van der Waals surface area contributed by atoms with Crippen molar-refractivity contribution in [3.8, 4) is 5.82 Å². The molecule has 4 aromatic rings. The molecule has 0 N–H and O–H groups in total. The second kappa shape index (κ2) is 5.37. The Bertz CT molecular complexity index is 1080. The molecule has 0 saturated heterocycles. The van der Waals surface area contributed by atoms with Crippen molar-refractivity contribution in [3.63, 3.8) is 0 Å². The van der Waals surface area contributed by atoms with Gasteiger partial charge in [-0.2, -0.15) is 0 Å². The van der Waals surface area contributed by atoms with Gasteiger partial charge in [0, 0.05) is 24.8 Å². The minimum Gasteiger partial charge on any atom is -0.287 e. The van der Waals surface area contributed by atoms with Crippen molar-refractivity contribution < 1.29 is 8.78 Å². The average molecular weight is 328 g/mol. The molecule has 3 aromatic heterocycles. The normalized spacial score (nSPS) is 11.2. The van der Waals surface area contributed by atoms with Crippen LogP contribution < -0.4 is 5.69 Å². The van der Waals surface area contributed by atoms with Crippen molar-refractivity contribution >= 4 is 5.65 Å². The number of hydrogen-bond acceptors (Lipinski definition) is 4. The summed E-state index contributed by atoms with van der Waals surface area (Å²) in [6.45, 7) is 0.0150. The molecule has 3 heterocycles. The van der Waals surface area contributed by atoms with Gasteiger partial charge in [-0.25, -0.2) is 32.6 Å². The third-order valence-corrected chi connectivity index (χ3v) is 3.55. The first-order chi connectivity index (χ1) is 11.6. The number of aromatic nitrogens is 6. The van der Waals surface area contributed by atoms with Crippen LogP contribution >= 0.6 is 0 Å². The summed E-state index contributed by atoms with van der Waals surface area (Å²) in [5.41, 5.74) is 0.359. The van der Waals surface area contributed by atoms with E-state index in [2.05, 4.69) is 15.1 Å². The van der Waals surface area contributed by atoms with E-state index in [0.29, 0.717) is 17.0 Å². The second-order valence-electron chi connectivity index (χ2n) is 5.10. The second-order valence-corrected chi connectivity index (χ2v) is 5.10. The predicted molar refractivity (Wildman–Crippen MR) is 79.8 cm³/mol. The number of hydrogen-bond donors (Lipinski definition) is 0. The molecular formula is C15H10F2N6O. The van der Waals surface area contributed by atoms with Gasteiger partial charge < -0.3 is 0 Å². The highest BCUT2D eigenvalue weighted by Crippen LogP contribution is 2.11. The van der Waals surface area contributed by atoms with Crippen LogP contribution in [0.1, 0.15) is 5.56 Å². The van der Waals surface area contributed by atoms with Gasteiger partial charge in [0.05, 0.1) is 6.54 Å². The Morgan fingerprint density at radius 1 is 1.08 bits per heavy atom. The van der Waals surface area contributed by atoms with Gasteiger partial charge in [-0.05, 0) is 17.7 Å². The largest absolute Gasteiger partial charge is 0.350 e. The number of halogens is 2. The maximum atomic E-state index is 13.3. The van der Waals surface area contributed by atoms with Crippen LogP contribution in [0.4, 0.5) is 8.78 Å². The summed E-state index contributed by atoms with van der Waals surface area (Å²) in [6.07, 6.45) is 7.78. The molecule has 9 heteroatoms. The van der Waals surface area contributed by atoms with Crippen molar-refractivity contribution in [2.24, 2.45) is 0 Å². The van der Waals surface area contributed by atoms with E-state index in [-0.39, 0.29) is 6.54 Å². The molecule has 0 aliphatic rings. The summed E-state index contributed by atoms with van der Waals surface area (Å²) in [5.74, 6) is -1.46. The Morgan fingerprint density at radius 2 is 1.96 bits per heavy atom. The summed E-state index contributed by atoms with van der Waals surface area (Å²) >= 11 is 0. The van der Waals surface area contributed by atoms with Crippen LogP contribution in [0.2, 0.25) is 0 Å². The molecule has 0 radical (unpaired) electrons. The zero-order valence-electron chi connectivity index (χ0n) is 12.2. The van der Waals surface area contributed by atoms with Crippen LogP contribution in [0.3, 0.4) is 0 Å². The molecule has 0 unspecified atom stereocenters. The summed E-state index contributed by atoms with van der Waals surface area (Å²) in [6, 6.07) is 3.47. The minimum atomic E-state index is -0.968. The number of nitrogens with zero attached hydrogens (tertiary/aromatic N) is 6. The van der Waals surface area contributed by atoms with Crippen LogP contribution in [0.5, 0.6) is 0 Å². The number of rotatable bonds is 3. The van der Waals surface area contributed by atoms with Crippen LogP contribution in [0.15, 0.2) is 54.1 Å². The van der Waals surface area contributed by atoms with Crippen LogP contribution in [0, 0.1) is 11.6 Å². The highest BCUT2D eigenvalue weighted by atomic mass is 19.2. The number of benzene rings is 1. The third-order valence-electron chi connectivity index (χ3n) is 3.55. The molecule has 0 fully saturated rings.